The molecule has 0 atom stereocenters. The number of rotatable bonds is 1. The van der Waals surface area contributed by atoms with Crippen LogP contribution in [-0.4, -0.2) is 13.6 Å². The van der Waals surface area contributed by atoms with E-state index in [4.69, 9.17) is 0 Å². The van der Waals surface area contributed by atoms with E-state index in [2.05, 4.69) is 62.5 Å². The van der Waals surface area contributed by atoms with Crippen LogP contribution in [0, 0.1) is 6.08 Å². The van der Waals surface area contributed by atoms with Crippen molar-refractivity contribution < 1.29 is 46.5 Å². The molecule has 2 aliphatic carbocycles. The minimum absolute atomic E-state index is 0. The predicted octanol–water partition coefficient (Wildman–Crippen LogP) is -2.08. The van der Waals surface area contributed by atoms with E-state index in [1.54, 1.807) is 5.17 Å². The molecule has 4 heteroatoms. The third-order valence-electron chi connectivity index (χ3n) is 3.67. The van der Waals surface area contributed by atoms with E-state index in [0.717, 1.165) is 6.42 Å². The van der Waals surface area contributed by atoms with Crippen LogP contribution in [-0.2, 0) is 21.7 Å². The monoisotopic (exact) mass is 367 g/mol. The van der Waals surface area contributed by atoms with Gasteiger partial charge in [-0.15, -0.1) is 34.0 Å². The Kier molecular flexibility index (Phi) is 8.38. The maximum absolute atomic E-state index is 3.65. The van der Waals surface area contributed by atoms with Gasteiger partial charge >= 0.3 is 21.7 Å². The second kappa shape index (κ2) is 8.45. The molecule has 0 N–H and O–H groups in total. The Bertz CT molecular complexity index is 651. The number of fused-ring (bicyclic) bond motifs is 1. The molecule has 0 saturated heterocycles. The topological polar surface area (TPSA) is 0 Å². The Hall–Kier alpha value is -0.179. The van der Waals surface area contributed by atoms with Gasteiger partial charge in [0.1, 0.15) is 0 Å². The van der Waals surface area contributed by atoms with E-state index in [9.17, 15) is 0 Å². The normalized spacial score (nSPS) is 14.8. The number of benzene rings is 1. The number of halogens is 2. The van der Waals surface area contributed by atoms with E-state index in [1.807, 2.05) is 0 Å². The predicted molar refractivity (Wildman–Crippen MR) is 80.3 cm³/mol. The fourth-order valence-corrected chi connectivity index (χ4v) is 4.27. The largest absolute Gasteiger partial charge is 3.00 e. The fraction of sp³-hybridized carbons (Fsp3) is 0.235. The van der Waals surface area contributed by atoms with Crippen molar-refractivity contribution in [2.24, 2.45) is 0 Å². The second-order valence-electron chi connectivity index (χ2n) is 5.19. The summed E-state index contributed by atoms with van der Waals surface area (Å²) >= 11 is 0. The first-order valence-corrected chi connectivity index (χ1v) is 8.96. The van der Waals surface area contributed by atoms with Gasteiger partial charge in [-0.25, -0.2) is 0 Å². The zero-order valence-corrected chi connectivity index (χ0v) is 16.5. The summed E-state index contributed by atoms with van der Waals surface area (Å²) in [5, 5.41) is 1.56. The average molecular weight is 368 g/mol. The van der Waals surface area contributed by atoms with Crippen LogP contribution >= 0.6 is 0 Å². The van der Waals surface area contributed by atoms with Crippen LogP contribution in [0.1, 0.15) is 24.5 Å². The van der Waals surface area contributed by atoms with Gasteiger partial charge in [0, 0.05) is 0 Å². The number of hydrogen-bond donors (Lipinski definition) is 0. The molecule has 1 aromatic carbocycles. The van der Waals surface area contributed by atoms with Crippen molar-refractivity contribution >= 4 is 13.6 Å². The van der Waals surface area contributed by atoms with Crippen molar-refractivity contribution in [1.82, 2.24) is 0 Å². The van der Waals surface area contributed by atoms with Crippen molar-refractivity contribution in [1.29, 1.82) is 0 Å². The summed E-state index contributed by atoms with van der Waals surface area (Å²) in [6, 6.07) is 8.69. The standard InChI is InChI=1S/C17H17Si.2ClH.Ti/c1-12-7-6-10-14(12)16-11-13-8-4-5-9-15(13)17(16)18(2)3;;;/h4-9H,10H2,1-3H3;2*1H;/q-1;;;+3/p-2. The Morgan fingerprint density at radius 2 is 1.76 bits per heavy atom. The van der Waals surface area contributed by atoms with Crippen LogP contribution in [0.4, 0.5) is 0 Å². The molecule has 0 fully saturated rings. The van der Waals surface area contributed by atoms with E-state index in [-0.39, 0.29) is 46.5 Å². The van der Waals surface area contributed by atoms with Gasteiger partial charge in [-0.1, -0.05) is 54.6 Å². The van der Waals surface area contributed by atoms with Gasteiger partial charge in [0.05, 0.1) is 0 Å². The third-order valence-corrected chi connectivity index (χ3v) is 5.19. The van der Waals surface area contributed by atoms with Crippen molar-refractivity contribution in [2.75, 3.05) is 0 Å². The molecular formula is C17H17Cl2SiTi. The van der Waals surface area contributed by atoms with Gasteiger partial charge in [-0.05, 0) is 21.8 Å². The molecule has 1 aromatic rings. The van der Waals surface area contributed by atoms with Gasteiger partial charge in [0.25, 0.3) is 0 Å². The average Bonchev–Trinajstić information content (AvgIpc) is 2.91. The summed E-state index contributed by atoms with van der Waals surface area (Å²) in [4.78, 5) is 0. The molecule has 0 aromatic heterocycles. The van der Waals surface area contributed by atoms with Crippen LogP contribution in [0.5, 0.6) is 0 Å². The summed E-state index contributed by atoms with van der Waals surface area (Å²) in [5.74, 6) is 0. The van der Waals surface area contributed by atoms with Crippen molar-refractivity contribution in [3.05, 3.63) is 70.3 Å². The van der Waals surface area contributed by atoms with Gasteiger partial charge < -0.3 is 24.8 Å². The van der Waals surface area contributed by atoms with Crippen molar-refractivity contribution in [3.8, 4) is 0 Å². The molecule has 21 heavy (non-hydrogen) atoms. The first kappa shape index (κ1) is 20.8. The van der Waals surface area contributed by atoms with Crippen LogP contribution in [0.3, 0.4) is 0 Å². The molecule has 0 nitrogen and oxygen atoms in total. The molecule has 0 amide bonds. The molecule has 0 spiro atoms. The van der Waals surface area contributed by atoms with E-state index >= 15 is 0 Å². The molecule has 0 unspecified atom stereocenters. The smallest absolute Gasteiger partial charge is 1.00 e. The van der Waals surface area contributed by atoms with E-state index in [1.165, 1.54) is 27.8 Å². The second-order valence-corrected chi connectivity index (χ2v) is 7.69. The molecule has 0 saturated carbocycles. The Morgan fingerprint density at radius 1 is 1.10 bits per heavy atom. The zero-order valence-electron chi connectivity index (χ0n) is 12.4. The molecule has 107 valence electrons. The maximum Gasteiger partial charge on any atom is 3.00 e. The Morgan fingerprint density at radius 3 is 2.33 bits per heavy atom. The SMILES string of the molecule is CC1=C(C2=[C-]c3ccccc3C2=[Si](C)C)CC=C1.[Cl-].[Cl-].[Ti+3]. The molecule has 3 rings (SSSR count). The summed E-state index contributed by atoms with van der Waals surface area (Å²) in [6.45, 7) is 6.97. The fourth-order valence-electron chi connectivity index (χ4n) is 2.80. The molecular weight excluding hydrogens is 351 g/mol. The quantitative estimate of drug-likeness (QED) is 0.394. The van der Waals surface area contributed by atoms with E-state index in [0.29, 0.717) is 0 Å². The third kappa shape index (κ3) is 3.78. The minimum atomic E-state index is -0.477. The maximum atomic E-state index is 3.65. The number of hydrogen-bond acceptors (Lipinski definition) is 0. The van der Waals surface area contributed by atoms with Gasteiger partial charge in [-0.3, -0.25) is 0 Å². The van der Waals surface area contributed by atoms with Crippen LogP contribution in [0.2, 0.25) is 13.1 Å². The Balaban J connectivity index is 0.00000133. The Labute approximate surface area is 156 Å². The van der Waals surface area contributed by atoms with Crippen molar-refractivity contribution in [2.45, 2.75) is 26.4 Å². The summed E-state index contributed by atoms with van der Waals surface area (Å²) in [6.07, 6.45) is 9.22. The van der Waals surface area contributed by atoms with Crippen LogP contribution < -0.4 is 24.8 Å². The first-order chi connectivity index (χ1) is 8.68. The molecule has 1 radical (unpaired) electrons. The van der Waals surface area contributed by atoms with Crippen LogP contribution in [0.25, 0.3) is 0 Å². The number of allylic oxidation sites excluding steroid dienone is 5. The molecule has 2 aliphatic rings. The molecule has 0 bridgehead atoms. The van der Waals surface area contributed by atoms with Gasteiger partial charge in [0.15, 0.2) is 0 Å². The summed E-state index contributed by atoms with van der Waals surface area (Å²) < 4.78 is 0. The van der Waals surface area contributed by atoms with Gasteiger partial charge in [-0.2, -0.15) is 0 Å². The molecule has 0 heterocycles. The van der Waals surface area contributed by atoms with Crippen LogP contribution in [0.15, 0.2) is 53.1 Å². The summed E-state index contributed by atoms with van der Waals surface area (Å²) in [7, 11) is -0.477. The minimum Gasteiger partial charge on any atom is -1.00 e. The molecule has 0 aliphatic heterocycles. The first-order valence-electron chi connectivity index (χ1n) is 6.46. The van der Waals surface area contributed by atoms with Crippen molar-refractivity contribution in [3.63, 3.8) is 0 Å². The summed E-state index contributed by atoms with van der Waals surface area (Å²) in [5.41, 5.74) is 6.97. The van der Waals surface area contributed by atoms with Gasteiger partial charge in [0.2, 0.25) is 0 Å². The van der Waals surface area contributed by atoms with E-state index < -0.39 is 8.41 Å². The zero-order chi connectivity index (χ0) is 12.7.